The minimum atomic E-state index is -0.919. The normalized spacial score (nSPS) is 27.0. The van der Waals surface area contributed by atoms with Crippen LogP contribution in [0, 0.1) is 5.92 Å². The molecule has 9 heteroatoms. The number of benzene rings is 2. The monoisotopic (exact) mass is 552 g/mol. The molecule has 5 atom stereocenters. The molecule has 2 aliphatic rings. The van der Waals surface area contributed by atoms with Crippen molar-refractivity contribution in [2.45, 2.75) is 64.3 Å². The molecule has 1 fully saturated rings. The number of aromatic hydroxyl groups is 1. The Labute approximate surface area is 234 Å². The van der Waals surface area contributed by atoms with Crippen LogP contribution in [0.5, 0.6) is 11.5 Å². The van der Waals surface area contributed by atoms with E-state index in [1.54, 1.807) is 43.3 Å². The Kier molecular flexibility index (Phi) is 9.29. The predicted molar refractivity (Wildman–Crippen MR) is 147 cm³/mol. The van der Waals surface area contributed by atoms with Gasteiger partial charge in [0.15, 0.2) is 12.6 Å². The summed E-state index contributed by atoms with van der Waals surface area (Å²) >= 11 is 0. The second kappa shape index (κ2) is 12.7. The number of ether oxygens (including phenoxy) is 6. The third-order valence-corrected chi connectivity index (χ3v) is 6.76. The molecule has 40 heavy (non-hydrogen) atoms. The van der Waals surface area contributed by atoms with E-state index in [-0.39, 0.29) is 29.8 Å². The fourth-order valence-corrected chi connectivity index (χ4v) is 4.62. The van der Waals surface area contributed by atoms with Gasteiger partial charge < -0.3 is 33.5 Å². The van der Waals surface area contributed by atoms with Crippen molar-refractivity contribution in [1.82, 2.24) is 0 Å². The summed E-state index contributed by atoms with van der Waals surface area (Å²) in [5.74, 6) is -2.21. The fourth-order valence-electron chi connectivity index (χ4n) is 4.62. The lowest BCUT2D eigenvalue weighted by Crippen LogP contribution is -2.37. The summed E-state index contributed by atoms with van der Waals surface area (Å²) in [5, 5.41) is 10.3. The smallest absolute Gasteiger partial charge is 0.342 e. The lowest BCUT2D eigenvalue weighted by molar-refractivity contribution is -0.152. The first-order valence-corrected chi connectivity index (χ1v) is 13.2. The van der Waals surface area contributed by atoms with Crippen molar-refractivity contribution in [3.05, 3.63) is 77.4 Å². The Bertz CT molecular complexity index is 1250. The van der Waals surface area contributed by atoms with Gasteiger partial charge in [0.25, 0.3) is 0 Å². The number of cyclic esters (lactones) is 1. The summed E-state index contributed by atoms with van der Waals surface area (Å²) < 4.78 is 34.8. The van der Waals surface area contributed by atoms with Gasteiger partial charge in [0.1, 0.15) is 35.4 Å². The summed E-state index contributed by atoms with van der Waals surface area (Å²) in [4.78, 5) is 26.4. The van der Waals surface area contributed by atoms with Gasteiger partial charge in [0.05, 0.1) is 11.7 Å². The molecule has 0 radical (unpaired) electrons. The maximum atomic E-state index is 13.4. The molecule has 0 amide bonds. The molecule has 2 heterocycles. The zero-order valence-corrected chi connectivity index (χ0v) is 23.4. The lowest BCUT2D eigenvalue weighted by Gasteiger charge is -2.25. The average molecular weight is 553 g/mol. The topological polar surface area (TPSA) is 110 Å². The van der Waals surface area contributed by atoms with Crippen LogP contribution in [-0.4, -0.2) is 61.2 Å². The van der Waals surface area contributed by atoms with Gasteiger partial charge in [-0.1, -0.05) is 43.4 Å². The Morgan fingerprint density at radius 1 is 1.10 bits per heavy atom. The summed E-state index contributed by atoms with van der Waals surface area (Å²) in [5.41, 5.74) is 0.995. The number of fused-ring (bicyclic) bond motifs is 2. The van der Waals surface area contributed by atoms with Crippen LogP contribution in [0.4, 0.5) is 0 Å². The molecule has 0 saturated carbocycles. The van der Waals surface area contributed by atoms with Crippen molar-refractivity contribution in [2.75, 3.05) is 13.9 Å². The molecule has 4 rings (SSSR count). The molecule has 0 bridgehead atoms. The highest BCUT2D eigenvalue weighted by Crippen LogP contribution is 2.35. The third-order valence-electron chi connectivity index (χ3n) is 6.76. The van der Waals surface area contributed by atoms with Crippen LogP contribution < -0.4 is 4.74 Å². The van der Waals surface area contributed by atoms with E-state index in [0.717, 1.165) is 0 Å². The van der Waals surface area contributed by atoms with Crippen LogP contribution >= 0.6 is 0 Å². The van der Waals surface area contributed by atoms with Gasteiger partial charge in [0, 0.05) is 19.1 Å². The minimum absolute atomic E-state index is 0.0832. The van der Waals surface area contributed by atoms with E-state index < -0.39 is 42.1 Å². The zero-order chi connectivity index (χ0) is 28.9. The van der Waals surface area contributed by atoms with E-state index in [0.29, 0.717) is 17.5 Å². The van der Waals surface area contributed by atoms with Crippen LogP contribution in [0.3, 0.4) is 0 Å². The van der Waals surface area contributed by atoms with Crippen LogP contribution in [0.25, 0.3) is 6.08 Å². The minimum Gasteiger partial charge on any atom is -0.508 e. The number of rotatable bonds is 5. The maximum Gasteiger partial charge on any atom is 0.342 e. The summed E-state index contributed by atoms with van der Waals surface area (Å²) in [6.07, 6.45) is 5.08. The predicted octanol–water partition coefficient (Wildman–Crippen LogP) is 5.28. The van der Waals surface area contributed by atoms with Crippen LogP contribution in [0.15, 0.2) is 60.7 Å². The standard InChI is InChI=1S/C31H36O9/c1-19-14-15-24(38-29(33)21-10-7-6-8-11-21)28-25(39-31(3,4)40-28)13-9-12-22-16-23(32)17-26(36-18-35-5)27(22)30(34)37-20(19)2/h6-12,14-17,19-20,24-25,28,32H,13,18H2,1-5H3/b12-9?,15-14-/t19-,20+,24?,25?,28?/m1/s1. The highest BCUT2D eigenvalue weighted by molar-refractivity contribution is 5.97. The largest absolute Gasteiger partial charge is 0.508 e. The second-order valence-corrected chi connectivity index (χ2v) is 10.3. The van der Waals surface area contributed by atoms with E-state index in [4.69, 9.17) is 28.4 Å². The molecule has 2 aromatic carbocycles. The quantitative estimate of drug-likeness (QED) is 0.301. The Morgan fingerprint density at radius 2 is 1.85 bits per heavy atom. The Morgan fingerprint density at radius 3 is 2.58 bits per heavy atom. The fraction of sp³-hybridized carbons (Fsp3) is 0.419. The summed E-state index contributed by atoms with van der Waals surface area (Å²) in [6.45, 7) is 7.16. The van der Waals surface area contributed by atoms with Crippen molar-refractivity contribution in [3.63, 3.8) is 0 Å². The van der Waals surface area contributed by atoms with E-state index >= 15 is 0 Å². The first-order valence-electron chi connectivity index (χ1n) is 13.2. The van der Waals surface area contributed by atoms with E-state index in [1.807, 2.05) is 39.0 Å². The molecular formula is C31H36O9. The van der Waals surface area contributed by atoms with Gasteiger partial charge in [-0.2, -0.15) is 0 Å². The molecule has 2 aliphatic heterocycles. The summed E-state index contributed by atoms with van der Waals surface area (Å²) in [6, 6.07) is 11.6. The van der Waals surface area contributed by atoms with Crippen molar-refractivity contribution in [1.29, 1.82) is 0 Å². The molecular weight excluding hydrogens is 516 g/mol. The number of methoxy groups -OCH3 is 1. The molecule has 214 valence electrons. The third kappa shape index (κ3) is 7.10. The number of esters is 2. The number of hydrogen-bond donors (Lipinski definition) is 1. The molecule has 0 spiro atoms. The SMILES string of the molecule is COCOc1cc(O)cc2c1C(=O)O[C@@H](C)[C@H](C)/C=C\C(OC(=O)c1ccccc1)C1OC(C)(C)OC1CC=C2. The number of hydrogen-bond acceptors (Lipinski definition) is 9. The molecule has 0 aliphatic carbocycles. The van der Waals surface area contributed by atoms with Gasteiger partial charge in [-0.25, -0.2) is 9.59 Å². The Balaban J connectivity index is 1.73. The second-order valence-electron chi connectivity index (χ2n) is 10.3. The van der Waals surface area contributed by atoms with E-state index in [9.17, 15) is 14.7 Å². The number of carbonyl (C=O) groups is 2. The van der Waals surface area contributed by atoms with Gasteiger partial charge in [-0.15, -0.1) is 0 Å². The van der Waals surface area contributed by atoms with Crippen molar-refractivity contribution in [3.8, 4) is 11.5 Å². The molecule has 1 N–H and O–H groups in total. The zero-order valence-electron chi connectivity index (χ0n) is 23.4. The molecule has 1 saturated heterocycles. The van der Waals surface area contributed by atoms with Crippen molar-refractivity contribution in [2.24, 2.45) is 5.92 Å². The average Bonchev–Trinajstić information content (AvgIpc) is 3.22. The van der Waals surface area contributed by atoms with Crippen LogP contribution in [0.1, 0.15) is 60.4 Å². The van der Waals surface area contributed by atoms with E-state index in [1.165, 1.54) is 19.2 Å². The first-order chi connectivity index (χ1) is 19.1. The van der Waals surface area contributed by atoms with E-state index in [2.05, 4.69) is 0 Å². The highest BCUT2D eigenvalue weighted by atomic mass is 16.8. The van der Waals surface area contributed by atoms with Gasteiger partial charge in [-0.3, -0.25) is 0 Å². The number of phenolic OH excluding ortho intramolecular Hbond substituents is 1. The molecule has 0 aromatic heterocycles. The Hall–Kier alpha value is -3.66. The maximum absolute atomic E-state index is 13.4. The molecule has 3 unspecified atom stereocenters. The van der Waals surface area contributed by atoms with Gasteiger partial charge >= 0.3 is 11.9 Å². The van der Waals surface area contributed by atoms with Crippen molar-refractivity contribution >= 4 is 18.0 Å². The molecule has 2 aromatic rings. The highest BCUT2D eigenvalue weighted by Gasteiger charge is 2.45. The number of carbonyl (C=O) groups excluding carboxylic acids is 2. The van der Waals surface area contributed by atoms with Gasteiger partial charge in [0.2, 0.25) is 0 Å². The molecule has 9 nitrogen and oxygen atoms in total. The van der Waals surface area contributed by atoms with Crippen molar-refractivity contribution < 1.29 is 43.1 Å². The summed E-state index contributed by atoms with van der Waals surface area (Å²) in [7, 11) is 1.46. The van der Waals surface area contributed by atoms with Gasteiger partial charge in [-0.05, 0) is 57.0 Å². The lowest BCUT2D eigenvalue weighted by atomic mass is 9.98. The number of phenols is 1. The van der Waals surface area contributed by atoms with Crippen LogP contribution in [0.2, 0.25) is 0 Å². The first kappa shape index (κ1) is 29.3. The van der Waals surface area contributed by atoms with Crippen LogP contribution in [-0.2, 0) is 23.7 Å².